The van der Waals surface area contributed by atoms with Gasteiger partial charge in [0.15, 0.2) is 11.5 Å². The van der Waals surface area contributed by atoms with Crippen molar-refractivity contribution in [3.63, 3.8) is 0 Å². The normalized spacial score (nSPS) is 10.1. The van der Waals surface area contributed by atoms with Crippen LogP contribution in [0.4, 0.5) is 0 Å². The second-order valence-electron chi connectivity index (χ2n) is 2.77. The summed E-state index contributed by atoms with van der Waals surface area (Å²) in [6.07, 6.45) is 6.40. The Labute approximate surface area is 102 Å². The highest BCUT2D eigenvalue weighted by Gasteiger charge is 2.10. The van der Waals surface area contributed by atoms with Crippen molar-refractivity contribution in [3.8, 4) is 23.8 Å². The van der Waals surface area contributed by atoms with Crippen molar-refractivity contribution in [1.29, 1.82) is 0 Å². The van der Waals surface area contributed by atoms with Gasteiger partial charge in [0.2, 0.25) is 0 Å². The number of nitrogens with zero attached hydrogens (tertiary/aromatic N) is 1. The third-order valence-electron chi connectivity index (χ3n) is 1.76. The van der Waals surface area contributed by atoms with E-state index >= 15 is 0 Å². The zero-order chi connectivity index (χ0) is 12.0. The van der Waals surface area contributed by atoms with Crippen LogP contribution in [0.1, 0.15) is 5.56 Å². The molecule has 0 fully saturated rings. The summed E-state index contributed by atoms with van der Waals surface area (Å²) >= 11 is 3.32. The molecule has 0 amide bonds. The Morgan fingerprint density at radius 3 is 2.94 bits per heavy atom. The van der Waals surface area contributed by atoms with Crippen molar-refractivity contribution >= 4 is 22.1 Å². The minimum absolute atomic E-state index is 0.155. The molecule has 0 bridgehead atoms. The van der Waals surface area contributed by atoms with E-state index in [0.29, 0.717) is 21.5 Å². The lowest BCUT2D eigenvalue weighted by molar-refractivity contribution is 0.321. The molecular formula is C11H10BrNO3. The molecule has 0 aliphatic heterocycles. The molecule has 0 heterocycles. The van der Waals surface area contributed by atoms with Crippen LogP contribution >= 0.6 is 15.9 Å². The molecule has 0 aliphatic carbocycles. The van der Waals surface area contributed by atoms with Gasteiger partial charge in [-0.2, -0.15) is 0 Å². The van der Waals surface area contributed by atoms with Crippen LogP contribution in [0.25, 0.3) is 0 Å². The third-order valence-corrected chi connectivity index (χ3v) is 2.35. The fourth-order valence-electron chi connectivity index (χ4n) is 1.13. The van der Waals surface area contributed by atoms with Gasteiger partial charge in [-0.15, -0.1) is 6.42 Å². The maximum atomic E-state index is 8.44. The van der Waals surface area contributed by atoms with Gasteiger partial charge in [0.25, 0.3) is 0 Å². The van der Waals surface area contributed by atoms with E-state index < -0.39 is 0 Å². The Morgan fingerprint density at radius 2 is 2.38 bits per heavy atom. The summed E-state index contributed by atoms with van der Waals surface area (Å²) in [5.74, 6) is 3.41. The smallest absolute Gasteiger partial charge is 0.176 e. The SMILES string of the molecule is C#CCOc1c(Br)cc(C=NO)cc1OC. The van der Waals surface area contributed by atoms with Crippen molar-refractivity contribution in [2.45, 2.75) is 0 Å². The Morgan fingerprint density at radius 1 is 1.62 bits per heavy atom. The van der Waals surface area contributed by atoms with Crippen LogP contribution in [0, 0.1) is 12.3 Å². The van der Waals surface area contributed by atoms with Crippen LogP contribution < -0.4 is 9.47 Å². The maximum absolute atomic E-state index is 8.44. The lowest BCUT2D eigenvalue weighted by Crippen LogP contribution is -1.98. The van der Waals surface area contributed by atoms with Crippen molar-refractivity contribution in [1.82, 2.24) is 0 Å². The summed E-state index contributed by atoms with van der Waals surface area (Å²) in [7, 11) is 1.52. The highest BCUT2D eigenvalue weighted by atomic mass is 79.9. The number of oxime groups is 1. The number of rotatable bonds is 4. The molecule has 0 aliphatic rings. The van der Waals surface area contributed by atoms with Gasteiger partial charge in [-0.25, -0.2) is 0 Å². The van der Waals surface area contributed by atoms with Gasteiger partial charge in [0.1, 0.15) is 6.61 Å². The van der Waals surface area contributed by atoms with Gasteiger partial charge in [0, 0.05) is 5.56 Å². The number of hydrogen-bond donors (Lipinski definition) is 1. The summed E-state index contributed by atoms with van der Waals surface area (Å²) in [6, 6.07) is 3.41. The monoisotopic (exact) mass is 283 g/mol. The lowest BCUT2D eigenvalue weighted by atomic mass is 10.2. The van der Waals surface area contributed by atoms with Crippen LogP contribution in [0.15, 0.2) is 21.8 Å². The molecule has 0 unspecified atom stereocenters. The van der Waals surface area contributed by atoms with Gasteiger partial charge in [-0.05, 0) is 28.1 Å². The third kappa shape index (κ3) is 2.91. The molecule has 0 radical (unpaired) electrons. The molecule has 5 heteroatoms. The molecule has 0 saturated heterocycles. The van der Waals surface area contributed by atoms with Gasteiger partial charge in [-0.3, -0.25) is 0 Å². The molecule has 0 aromatic heterocycles. The van der Waals surface area contributed by atoms with E-state index in [-0.39, 0.29) is 6.61 Å². The molecule has 0 saturated carbocycles. The van der Waals surface area contributed by atoms with Crippen molar-refractivity contribution in [2.75, 3.05) is 13.7 Å². The largest absolute Gasteiger partial charge is 0.493 e. The molecule has 1 aromatic rings. The van der Waals surface area contributed by atoms with Crippen molar-refractivity contribution < 1.29 is 14.7 Å². The summed E-state index contributed by atoms with van der Waals surface area (Å²) < 4.78 is 11.1. The van der Waals surface area contributed by atoms with Crippen LogP contribution in [-0.2, 0) is 0 Å². The molecule has 1 N–H and O–H groups in total. The first-order chi connectivity index (χ1) is 7.72. The van der Waals surface area contributed by atoms with E-state index in [1.54, 1.807) is 12.1 Å². The molecule has 0 atom stereocenters. The minimum atomic E-state index is 0.155. The highest BCUT2D eigenvalue weighted by molar-refractivity contribution is 9.10. The fraction of sp³-hybridized carbons (Fsp3) is 0.182. The predicted octanol–water partition coefficient (Wildman–Crippen LogP) is 2.28. The van der Waals surface area contributed by atoms with Gasteiger partial charge in [-0.1, -0.05) is 11.1 Å². The standard InChI is InChI=1S/C11H10BrNO3/c1-3-4-16-11-9(12)5-8(7-13-14)6-10(11)15-2/h1,5-7,14H,4H2,2H3. The number of benzene rings is 1. The molecule has 4 nitrogen and oxygen atoms in total. The van der Waals surface area contributed by atoms with E-state index in [0.717, 1.165) is 0 Å². The summed E-state index contributed by atoms with van der Waals surface area (Å²) in [5, 5.41) is 11.4. The number of ether oxygens (including phenoxy) is 2. The molecule has 1 rings (SSSR count). The second-order valence-corrected chi connectivity index (χ2v) is 3.63. The zero-order valence-electron chi connectivity index (χ0n) is 8.61. The number of terminal acetylenes is 1. The summed E-state index contributed by atoms with van der Waals surface area (Å²) in [6.45, 7) is 0.155. The summed E-state index contributed by atoms with van der Waals surface area (Å²) in [4.78, 5) is 0. The number of hydrogen-bond acceptors (Lipinski definition) is 4. The Balaban J connectivity index is 3.13. The van der Waals surface area contributed by atoms with E-state index in [1.165, 1.54) is 13.3 Å². The molecular weight excluding hydrogens is 274 g/mol. The van der Waals surface area contributed by atoms with Crippen molar-refractivity contribution in [3.05, 3.63) is 22.2 Å². The Kier molecular flexibility index (Phi) is 4.67. The average molecular weight is 284 g/mol. The number of methoxy groups -OCH3 is 1. The zero-order valence-corrected chi connectivity index (χ0v) is 10.2. The first-order valence-electron chi connectivity index (χ1n) is 4.34. The molecule has 84 valence electrons. The van der Waals surface area contributed by atoms with E-state index in [9.17, 15) is 0 Å². The highest BCUT2D eigenvalue weighted by Crippen LogP contribution is 2.36. The van der Waals surface area contributed by atoms with Crippen LogP contribution in [0.3, 0.4) is 0 Å². The van der Waals surface area contributed by atoms with Crippen LogP contribution in [-0.4, -0.2) is 25.1 Å². The lowest BCUT2D eigenvalue weighted by Gasteiger charge is -2.11. The maximum Gasteiger partial charge on any atom is 0.176 e. The predicted molar refractivity (Wildman–Crippen MR) is 64.4 cm³/mol. The van der Waals surface area contributed by atoms with Crippen molar-refractivity contribution in [2.24, 2.45) is 5.16 Å². The van der Waals surface area contributed by atoms with E-state index in [4.69, 9.17) is 21.1 Å². The molecule has 1 aromatic carbocycles. The molecule has 0 spiro atoms. The number of halogens is 1. The minimum Gasteiger partial charge on any atom is -0.493 e. The average Bonchev–Trinajstić information content (AvgIpc) is 2.27. The first-order valence-corrected chi connectivity index (χ1v) is 5.13. The van der Waals surface area contributed by atoms with Crippen LogP contribution in [0.2, 0.25) is 0 Å². The van der Waals surface area contributed by atoms with Gasteiger partial charge < -0.3 is 14.7 Å². The Hall–Kier alpha value is -1.67. The van der Waals surface area contributed by atoms with E-state index in [1.807, 2.05) is 0 Å². The second kappa shape index (κ2) is 6.03. The van der Waals surface area contributed by atoms with E-state index in [2.05, 4.69) is 27.0 Å². The molecule has 16 heavy (non-hydrogen) atoms. The Bertz CT molecular complexity index is 438. The quantitative estimate of drug-likeness (QED) is 0.399. The fourth-order valence-corrected chi connectivity index (χ4v) is 1.71. The van der Waals surface area contributed by atoms with Crippen LogP contribution in [0.5, 0.6) is 11.5 Å². The van der Waals surface area contributed by atoms with Gasteiger partial charge in [0.05, 0.1) is 17.8 Å². The van der Waals surface area contributed by atoms with Gasteiger partial charge >= 0.3 is 0 Å². The summed E-state index contributed by atoms with van der Waals surface area (Å²) in [5.41, 5.74) is 0.680. The topological polar surface area (TPSA) is 51.0 Å². The first kappa shape index (κ1) is 12.4.